The van der Waals surface area contributed by atoms with E-state index >= 15 is 0 Å². The Balaban J connectivity index is 0.914. The summed E-state index contributed by atoms with van der Waals surface area (Å²) in [6.45, 7) is 7.51. The maximum absolute atomic E-state index is 13.9. The fraction of sp³-hybridized carbons (Fsp3) is 0.442. The minimum atomic E-state index is -1.21. The Morgan fingerprint density at radius 1 is 0.707 bits per heavy atom. The zero-order chi connectivity index (χ0) is 40.6. The molecule has 302 valence electrons. The van der Waals surface area contributed by atoms with Crippen LogP contribution in [0.2, 0.25) is 0 Å². The number of likely N-dealkylation sites (tertiary alicyclic amines) is 2. The number of aromatic amines is 2. The van der Waals surface area contributed by atoms with Gasteiger partial charge in [0.05, 0.1) is 41.3 Å². The van der Waals surface area contributed by atoms with E-state index < -0.39 is 24.3 Å². The molecule has 2 aromatic heterocycles. The van der Waals surface area contributed by atoms with Gasteiger partial charge in [0, 0.05) is 18.2 Å². The molecule has 4 amide bonds. The number of H-pyrrole nitrogens is 2. The molecule has 4 aliphatic rings. The SMILES string of the molecule is COC(=O)N[C@H](C(=O)N1[C@@H]2C[C@H]2C[C@H]1c1nc2ccc(-c3cccc(Oc4ccc5nc([C@@H]6C[C@H]7C[C@H]7N6C(=O)[C@@H](NC(=O)O)C(C)C)[nH]c5c4)c3)cc2[nH]1)C(C)C. The van der Waals surface area contributed by atoms with Gasteiger partial charge in [0.15, 0.2) is 0 Å². The predicted molar refractivity (Wildman–Crippen MR) is 214 cm³/mol. The average molecular weight is 789 g/mol. The van der Waals surface area contributed by atoms with Crippen molar-refractivity contribution < 1.29 is 33.8 Å². The lowest BCUT2D eigenvalue weighted by molar-refractivity contribution is -0.137. The largest absolute Gasteiger partial charge is 0.465 e. The van der Waals surface area contributed by atoms with Gasteiger partial charge >= 0.3 is 12.2 Å². The Morgan fingerprint density at radius 3 is 1.81 bits per heavy atom. The van der Waals surface area contributed by atoms with Crippen LogP contribution in [0, 0.1) is 23.7 Å². The third-order valence-electron chi connectivity index (χ3n) is 12.3. The molecule has 2 saturated heterocycles. The van der Waals surface area contributed by atoms with Crippen molar-refractivity contribution in [1.82, 2.24) is 40.4 Å². The molecule has 5 aromatic rings. The molecule has 9 rings (SSSR count). The van der Waals surface area contributed by atoms with E-state index in [1.54, 1.807) is 0 Å². The molecule has 2 saturated carbocycles. The van der Waals surface area contributed by atoms with Crippen molar-refractivity contribution in [2.75, 3.05) is 7.11 Å². The Hall–Kier alpha value is -6.12. The number of alkyl carbamates (subject to hydrolysis) is 1. The smallest absolute Gasteiger partial charge is 0.407 e. The number of rotatable bonds is 11. The molecule has 4 heterocycles. The average Bonchev–Trinajstić information content (AvgIpc) is 3.86. The fourth-order valence-corrected chi connectivity index (χ4v) is 9.17. The van der Waals surface area contributed by atoms with Crippen LogP contribution in [0.5, 0.6) is 11.5 Å². The van der Waals surface area contributed by atoms with Crippen LogP contribution in [0.15, 0.2) is 60.7 Å². The minimum Gasteiger partial charge on any atom is -0.465 e. The summed E-state index contributed by atoms with van der Waals surface area (Å²) in [7, 11) is 1.30. The highest BCUT2D eigenvalue weighted by Crippen LogP contribution is 2.54. The molecule has 58 heavy (non-hydrogen) atoms. The molecular weight excluding hydrogens is 741 g/mol. The first kappa shape index (κ1) is 37.5. The summed E-state index contributed by atoms with van der Waals surface area (Å²) in [5, 5.41) is 14.6. The van der Waals surface area contributed by atoms with Gasteiger partial charge in [0.2, 0.25) is 11.8 Å². The Morgan fingerprint density at radius 2 is 1.24 bits per heavy atom. The van der Waals surface area contributed by atoms with Gasteiger partial charge in [-0.25, -0.2) is 19.6 Å². The van der Waals surface area contributed by atoms with Crippen molar-refractivity contribution in [3.63, 3.8) is 0 Å². The van der Waals surface area contributed by atoms with Gasteiger partial charge in [-0.3, -0.25) is 9.59 Å². The van der Waals surface area contributed by atoms with E-state index in [1.165, 1.54) is 7.11 Å². The number of benzene rings is 3. The van der Waals surface area contributed by atoms with E-state index in [9.17, 15) is 24.3 Å². The van der Waals surface area contributed by atoms with E-state index in [4.69, 9.17) is 19.4 Å². The van der Waals surface area contributed by atoms with Gasteiger partial charge in [0.1, 0.15) is 35.2 Å². The Labute approximate surface area is 334 Å². The van der Waals surface area contributed by atoms with Gasteiger partial charge in [-0.1, -0.05) is 45.9 Å². The number of hydrogen-bond acceptors (Lipinski definition) is 8. The quantitative estimate of drug-likeness (QED) is 0.0947. The first-order valence-corrected chi connectivity index (χ1v) is 20.1. The van der Waals surface area contributed by atoms with Crippen LogP contribution < -0.4 is 15.4 Å². The van der Waals surface area contributed by atoms with E-state index in [1.807, 2.05) is 92.1 Å². The van der Waals surface area contributed by atoms with Crippen LogP contribution in [-0.4, -0.2) is 90.1 Å². The monoisotopic (exact) mass is 788 g/mol. The second kappa shape index (κ2) is 14.4. The number of piperidine rings is 2. The first-order chi connectivity index (χ1) is 27.9. The number of imidazole rings is 2. The molecule has 15 nitrogen and oxygen atoms in total. The van der Waals surface area contributed by atoms with Crippen LogP contribution in [0.4, 0.5) is 9.59 Å². The van der Waals surface area contributed by atoms with Crippen molar-refractivity contribution in [2.45, 2.75) is 89.6 Å². The lowest BCUT2D eigenvalue weighted by Crippen LogP contribution is -2.52. The molecule has 0 unspecified atom stereocenters. The number of methoxy groups -OCH3 is 1. The van der Waals surface area contributed by atoms with Crippen molar-refractivity contribution in [3.8, 4) is 22.6 Å². The lowest BCUT2D eigenvalue weighted by atomic mass is 10.0. The van der Waals surface area contributed by atoms with E-state index in [0.717, 1.165) is 64.7 Å². The third-order valence-corrected chi connectivity index (χ3v) is 12.3. The van der Waals surface area contributed by atoms with Gasteiger partial charge in [-0.15, -0.1) is 0 Å². The molecule has 0 spiro atoms. The lowest BCUT2D eigenvalue weighted by Gasteiger charge is -2.31. The molecule has 0 radical (unpaired) electrons. The zero-order valence-corrected chi connectivity index (χ0v) is 33.1. The topological polar surface area (TPSA) is 195 Å². The molecule has 0 bridgehead atoms. The van der Waals surface area contributed by atoms with E-state index in [2.05, 4.69) is 26.7 Å². The van der Waals surface area contributed by atoms with Crippen molar-refractivity contribution in [1.29, 1.82) is 0 Å². The molecule has 3 aromatic carbocycles. The number of carbonyl (C=O) groups excluding carboxylic acids is 3. The number of amides is 4. The summed E-state index contributed by atoms with van der Waals surface area (Å²) in [6, 6.07) is 17.8. The van der Waals surface area contributed by atoms with E-state index in [-0.39, 0.29) is 47.8 Å². The maximum atomic E-state index is 13.9. The fourth-order valence-electron chi connectivity index (χ4n) is 9.17. The first-order valence-electron chi connectivity index (χ1n) is 20.1. The van der Waals surface area contributed by atoms with Gasteiger partial charge in [0.25, 0.3) is 0 Å². The highest BCUT2D eigenvalue weighted by atomic mass is 16.5. The summed E-state index contributed by atoms with van der Waals surface area (Å²) in [6.07, 6.45) is 1.65. The van der Waals surface area contributed by atoms with Crippen molar-refractivity contribution in [2.24, 2.45) is 23.7 Å². The van der Waals surface area contributed by atoms with Crippen molar-refractivity contribution in [3.05, 3.63) is 72.3 Å². The number of nitrogens with zero attached hydrogens (tertiary/aromatic N) is 4. The van der Waals surface area contributed by atoms with E-state index in [0.29, 0.717) is 29.2 Å². The van der Waals surface area contributed by atoms with Crippen LogP contribution in [0.1, 0.15) is 77.1 Å². The number of carbonyl (C=O) groups is 4. The summed E-state index contributed by atoms with van der Waals surface area (Å²) in [5.41, 5.74) is 5.12. The molecule has 4 fully saturated rings. The summed E-state index contributed by atoms with van der Waals surface area (Å²) >= 11 is 0. The van der Waals surface area contributed by atoms with Gasteiger partial charge in [-0.05, 0) is 96.9 Å². The summed E-state index contributed by atoms with van der Waals surface area (Å²) < 4.78 is 11.2. The highest BCUT2D eigenvalue weighted by Gasteiger charge is 2.57. The number of ether oxygens (including phenoxy) is 2. The minimum absolute atomic E-state index is 0.101. The molecule has 5 N–H and O–H groups in total. The Kier molecular flexibility index (Phi) is 9.28. The number of hydrogen-bond donors (Lipinski definition) is 5. The van der Waals surface area contributed by atoms with Crippen LogP contribution in [0.3, 0.4) is 0 Å². The second-order valence-electron chi connectivity index (χ2n) is 16.9. The standard InChI is InChI=1S/C43H48N8O7/c1-20(2)36(48-42(54)55)40(52)50-32-15-24(32)18-35(50)39-45-29-12-10-27(19-31(29)47-39)58-26-8-6-7-22(13-26)23-9-11-28-30(14-23)46-38(44-28)34-17-25-16-33(25)51(34)41(53)37(21(3)4)49-43(56)57-5/h6-14,19-21,24-25,32-37,48H,15-18H2,1-5H3,(H,44,46)(H,45,47)(H,49,56)(H,54,55)/t24-,25+,32-,33-,34+,35+,36+,37+/m1/s1. The number of nitrogens with one attached hydrogen (secondary N) is 4. The Bertz CT molecular complexity index is 2440. The molecule has 2 aliphatic carbocycles. The maximum Gasteiger partial charge on any atom is 0.407 e. The van der Waals surface area contributed by atoms with Crippen LogP contribution >= 0.6 is 0 Å². The van der Waals surface area contributed by atoms with Crippen LogP contribution in [-0.2, 0) is 14.3 Å². The summed E-state index contributed by atoms with van der Waals surface area (Å²) in [5.74, 6) is 2.88. The molecule has 2 aliphatic heterocycles. The molecular formula is C43H48N8O7. The highest BCUT2D eigenvalue weighted by molar-refractivity contribution is 5.88. The number of carboxylic acid groups (broad SMARTS) is 1. The number of fused-ring (bicyclic) bond motifs is 4. The normalized spacial score (nSPS) is 24.1. The van der Waals surface area contributed by atoms with Crippen LogP contribution in [0.25, 0.3) is 33.2 Å². The van der Waals surface area contributed by atoms with Crippen molar-refractivity contribution >= 4 is 46.1 Å². The zero-order valence-electron chi connectivity index (χ0n) is 33.1. The molecule has 8 atom stereocenters. The number of aromatic nitrogens is 4. The predicted octanol–water partition coefficient (Wildman–Crippen LogP) is 6.90. The summed E-state index contributed by atoms with van der Waals surface area (Å²) in [4.78, 5) is 71.6. The third kappa shape index (κ3) is 6.85. The van der Waals surface area contributed by atoms with Gasteiger partial charge in [-0.2, -0.15) is 0 Å². The second-order valence-corrected chi connectivity index (χ2v) is 16.9. The molecule has 15 heteroatoms. The van der Waals surface area contributed by atoms with Gasteiger partial charge < -0.3 is 45.0 Å².